The standard InChI is InChI=1S/C9H12O3S/c1-2-3-4-12-8-6-13-5-7(8)9(10)11/h5-6H,2-4H2,1H3,(H,10,11). The minimum Gasteiger partial charge on any atom is -0.492 e. The molecule has 0 radical (unpaired) electrons. The molecule has 1 rings (SSSR count). The third kappa shape index (κ3) is 2.73. The maximum atomic E-state index is 10.6. The Kier molecular flexibility index (Phi) is 3.76. The Labute approximate surface area is 81.0 Å². The molecule has 1 heterocycles. The molecule has 1 N–H and O–H groups in total. The van der Waals surface area contributed by atoms with Crippen molar-refractivity contribution in [3.8, 4) is 5.75 Å². The Morgan fingerprint density at radius 3 is 3.00 bits per heavy atom. The molecule has 0 atom stereocenters. The number of hydrogen-bond acceptors (Lipinski definition) is 3. The van der Waals surface area contributed by atoms with E-state index in [2.05, 4.69) is 6.92 Å². The van der Waals surface area contributed by atoms with Crippen LogP contribution in [0.25, 0.3) is 0 Å². The first-order valence-corrected chi connectivity index (χ1v) is 5.12. The molecule has 13 heavy (non-hydrogen) atoms. The van der Waals surface area contributed by atoms with Crippen molar-refractivity contribution >= 4 is 17.3 Å². The van der Waals surface area contributed by atoms with Crippen LogP contribution in [0.15, 0.2) is 10.8 Å². The number of carboxylic acids is 1. The van der Waals surface area contributed by atoms with Crippen LogP contribution in [0.5, 0.6) is 5.75 Å². The summed E-state index contributed by atoms with van der Waals surface area (Å²) in [5.74, 6) is -0.432. The van der Waals surface area contributed by atoms with Crippen LogP contribution < -0.4 is 4.74 Å². The highest BCUT2D eigenvalue weighted by Gasteiger charge is 2.11. The summed E-state index contributed by atoms with van der Waals surface area (Å²) >= 11 is 1.35. The Balaban J connectivity index is 2.55. The zero-order valence-corrected chi connectivity index (χ0v) is 8.26. The van der Waals surface area contributed by atoms with Crippen molar-refractivity contribution in [2.75, 3.05) is 6.61 Å². The van der Waals surface area contributed by atoms with E-state index in [0.29, 0.717) is 12.4 Å². The molecule has 0 fully saturated rings. The Morgan fingerprint density at radius 1 is 1.62 bits per heavy atom. The molecule has 0 aliphatic carbocycles. The number of ether oxygens (including phenoxy) is 1. The minimum absolute atomic E-state index is 0.265. The van der Waals surface area contributed by atoms with E-state index in [4.69, 9.17) is 9.84 Å². The zero-order valence-electron chi connectivity index (χ0n) is 7.45. The van der Waals surface area contributed by atoms with Crippen molar-refractivity contribution in [3.63, 3.8) is 0 Å². The maximum Gasteiger partial charge on any atom is 0.340 e. The summed E-state index contributed by atoms with van der Waals surface area (Å²) in [7, 11) is 0. The second-order valence-corrected chi connectivity index (χ2v) is 3.40. The highest BCUT2D eigenvalue weighted by Crippen LogP contribution is 2.23. The van der Waals surface area contributed by atoms with Crippen molar-refractivity contribution in [1.29, 1.82) is 0 Å². The van der Waals surface area contributed by atoms with Gasteiger partial charge in [0, 0.05) is 10.8 Å². The van der Waals surface area contributed by atoms with E-state index < -0.39 is 5.97 Å². The molecule has 72 valence electrons. The summed E-state index contributed by atoms with van der Waals surface area (Å²) in [4.78, 5) is 10.6. The van der Waals surface area contributed by atoms with E-state index in [9.17, 15) is 4.79 Å². The van der Waals surface area contributed by atoms with Crippen LogP contribution in [0, 0.1) is 0 Å². The first kappa shape index (κ1) is 10.1. The van der Waals surface area contributed by atoms with Crippen molar-refractivity contribution in [1.82, 2.24) is 0 Å². The molecule has 0 saturated carbocycles. The number of unbranched alkanes of at least 4 members (excludes halogenated alkanes) is 1. The lowest BCUT2D eigenvalue weighted by atomic mass is 10.3. The van der Waals surface area contributed by atoms with Crippen LogP contribution in [0.3, 0.4) is 0 Å². The highest BCUT2D eigenvalue weighted by atomic mass is 32.1. The van der Waals surface area contributed by atoms with E-state index in [0.717, 1.165) is 12.8 Å². The molecule has 3 nitrogen and oxygen atoms in total. The molecule has 4 heteroatoms. The quantitative estimate of drug-likeness (QED) is 0.743. The minimum atomic E-state index is -0.923. The van der Waals surface area contributed by atoms with Gasteiger partial charge in [-0.2, -0.15) is 0 Å². The third-order valence-electron chi connectivity index (χ3n) is 1.61. The zero-order chi connectivity index (χ0) is 9.68. The van der Waals surface area contributed by atoms with Crippen molar-refractivity contribution in [2.24, 2.45) is 0 Å². The molecule has 0 spiro atoms. The number of aromatic carboxylic acids is 1. The predicted octanol–water partition coefficient (Wildman–Crippen LogP) is 2.63. The van der Waals surface area contributed by atoms with Crippen LogP contribution in [0.1, 0.15) is 30.1 Å². The van der Waals surface area contributed by atoms with Gasteiger partial charge in [-0.15, -0.1) is 11.3 Å². The molecule has 0 amide bonds. The molecule has 1 aromatic rings. The molecule has 1 aromatic heterocycles. The van der Waals surface area contributed by atoms with Gasteiger partial charge in [0.15, 0.2) is 0 Å². The summed E-state index contributed by atoms with van der Waals surface area (Å²) < 4.78 is 5.31. The van der Waals surface area contributed by atoms with Gasteiger partial charge in [-0.3, -0.25) is 0 Å². The van der Waals surface area contributed by atoms with Crippen LogP contribution in [-0.4, -0.2) is 17.7 Å². The van der Waals surface area contributed by atoms with E-state index in [1.807, 2.05) is 0 Å². The van der Waals surface area contributed by atoms with Gasteiger partial charge in [-0.05, 0) is 6.42 Å². The number of thiophene rings is 1. The fraction of sp³-hybridized carbons (Fsp3) is 0.444. The molecule has 0 aliphatic rings. The Hall–Kier alpha value is -1.03. The number of carbonyl (C=O) groups is 1. The predicted molar refractivity (Wildman–Crippen MR) is 51.7 cm³/mol. The maximum absolute atomic E-state index is 10.6. The van der Waals surface area contributed by atoms with Crippen molar-refractivity contribution in [3.05, 3.63) is 16.3 Å². The highest BCUT2D eigenvalue weighted by molar-refractivity contribution is 7.08. The smallest absolute Gasteiger partial charge is 0.340 e. The normalized spacial score (nSPS) is 9.92. The van der Waals surface area contributed by atoms with Gasteiger partial charge in [0.05, 0.1) is 6.61 Å². The summed E-state index contributed by atoms with van der Waals surface area (Å²) in [6.07, 6.45) is 2.00. The van der Waals surface area contributed by atoms with Gasteiger partial charge in [-0.1, -0.05) is 13.3 Å². The monoisotopic (exact) mass is 200 g/mol. The molecule has 0 unspecified atom stereocenters. The Morgan fingerprint density at radius 2 is 2.38 bits per heavy atom. The van der Waals surface area contributed by atoms with Gasteiger partial charge in [0.1, 0.15) is 11.3 Å². The van der Waals surface area contributed by atoms with Crippen molar-refractivity contribution in [2.45, 2.75) is 19.8 Å². The first-order valence-electron chi connectivity index (χ1n) is 4.18. The number of carboxylic acid groups (broad SMARTS) is 1. The van der Waals surface area contributed by atoms with E-state index in [-0.39, 0.29) is 5.56 Å². The molecule has 0 saturated heterocycles. The number of hydrogen-bond donors (Lipinski definition) is 1. The van der Waals surface area contributed by atoms with E-state index in [1.165, 1.54) is 11.3 Å². The molecular weight excluding hydrogens is 188 g/mol. The SMILES string of the molecule is CCCCOc1cscc1C(=O)O. The molecule has 0 aliphatic heterocycles. The van der Waals surface area contributed by atoms with Gasteiger partial charge < -0.3 is 9.84 Å². The van der Waals surface area contributed by atoms with Gasteiger partial charge in [0.2, 0.25) is 0 Å². The summed E-state index contributed by atoms with van der Waals surface area (Å²) in [6.45, 7) is 2.66. The first-order chi connectivity index (χ1) is 6.25. The van der Waals surface area contributed by atoms with Crippen LogP contribution >= 0.6 is 11.3 Å². The van der Waals surface area contributed by atoms with Crippen LogP contribution in [0.4, 0.5) is 0 Å². The fourth-order valence-corrected chi connectivity index (χ4v) is 1.62. The topological polar surface area (TPSA) is 46.5 Å². The third-order valence-corrected chi connectivity index (χ3v) is 2.33. The summed E-state index contributed by atoms with van der Waals surface area (Å²) in [5.41, 5.74) is 0.265. The van der Waals surface area contributed by atoms with E-state index >= 15 is 0 Å². The lowest BCUT2D eigenvalue weighted by Gasteiger charge is -2.03. The second kappa shape index (κ2) is 4.87. The lowest BCUT2D eigenvalue weighted by molar-refractivity contribution is 0.0693. The molecular formula is C9H12O3S. The summed E-state index contributed by atoms with van der Waals surface area (Å²) in [6, 6.07) is 0. The van der Waals surface area contributed by atoms with Crippen LogP contribution in [-0.2, 0) is 0 Å². The number of rotatable bonds is 5. The Bertz CT molecular complexity index is 280. The van der Waals surface area contributed by atoms with Gasteiger partial charge in [-0.25, -0.2) is 4.79 Å². The van der Waals surface area contributed by atoms with Crippen LogP contribution in [0.2, 0.25) is 0 Å². The second-order valence-electron chi connectivity index (χ2n) is 2.66. The average Bonchev–Trinajstić information content (AvgIpc) is 2.53. The summed E-state index contributed by atoms with van der Waals surface area (Å²) in [5, 5.41) is 12.0. The van der Waals surface area contributed by atoms with Gasteiger partial charge >= 0.3 is 5.97 Å². The van der Waals surface area contributed by atoms with Crippen molar-refractivity contribution < 1.29 is 14.6 Å². The molecule has 0 aromatic carbocycles. The lowest BCUT2D eigenvalue weighted by Crippen LogP contribution is -2.01. The average molecular weight is 200 g/mol. The fourth-order valence-electron chi connectivity index (χ4n) is 0.879. The largest absolute Gasteiger partial charge is 0.492 e. The van der Waals surface area contributed by atoms with E-state index in [1.54, 1.807) is 10.8 Å². The van der Waals surface area contributed by atoms with Gasteiger partial charge in [0.25, 0.3) is 0 Å². The molecule has 0 bridgehead atoms.